The van der Waals surface area contributed by atoms with E-state index in [4.69, 9.17) is 9.47 Å². The minimum atomic E-state index is 0.258. The molecular formula is C10H21NO2. The molecule has 1 aliphatic heterocycles. The number of nitrogens with zero attached hydrogens (tertiary/aromatic N) is 1. The number of methoxy groups -OCH3 is 2. The summed E-state index contributed by atoms with van der Waals surface area (Å²) in [6.45, 7) is 8.28. The zero-order valence-corrected chi connectivity index (χ0v) is 9.17. The molecule has 3 heteroatoms. The van der Waals surface area contributed by atoms with E-state index in [9.17, 15) is 0 Å². The predicted molar refractivity (Wildman–Crippen MR) is 52.9 cm³/mol. The van der Waals surface area contributed by atoms with E-state index in [-0.39, 0.29) is 5.41 Å². The first-order valence-electron chi connectivity index (χ1n) is 4.85. The smallest absolute Gasteiger partial charge is 0.0565 e. The van der Waals surface area contributed by atoms with Crippen LogP contribution in [-0.2, 0) is 9.47 Å². The molecule has 0 unspecified atom stereocenters. The van der Waals surface area contributed by atoms with Gasteiger partial charge in [-0.3, -0.25) is 4.90 Å². The standard InChI is InChI=1S/C10H21NO2/c1-9(2)11-5-10(6-11,7-12-3)8-13-4/h9H,5-8H2,1-4H3. The zero-order valence-electron chi connectivity index (χ0n) is 9.17. The van der Waals surface area contributed by atoms with Gasteiger partial charge in [0.25, 0.3) is 0 Å². The van der Waals surface area contributed by atoms with Gasteiger partial charge in [-0.2, -0.15) is 0 Å². The van der Waals surface area contributed by atoms with Crippen molar-refractivity contribution in [1.29, 1.82) is 0 Å². The highest BCUT2D eigenvalue weighted by atomic mass is 16.5. The van der Waals surface area contributed by atoms with Gasteiger partial charge in [-0.1, -0.05) is 0 Å². The van der Waals surface area contributed by atoms with Gasteiger partial charge < -0.3 is 9.47 Å². The third kappa shape index (κ3) is 2.42. The van der Waals surface area contributed by atoms with Crippen molar-refractivity contribution in [3.05, 3.63) is 0 Å². The Kier molecular flexibility index (Phi) is 3.71. The van der Waals surface area contributed by atoms with Crippen LogP contribution in [0.25, 0.3) is 0 Å². The van der Waals surface area contributed by atoms with E-state index >= 15 is 0 Å². The minimum absolute atomic E-state index is 0.258. The van der Waals surface area contributed by atoms with Gasteiger partial charge in [0.05, 0.1) is 13.2 Å². The molecule has 0 bridgehead atoms. The van der Waals surface area contributed by atoms with Crippen molar-refractivity contribution in [2.24, 2.45) is 5.41 Å². The Labute approximate surface area is 81.0 Å². The van der Waals surface area contributed by atoms with Gasteiger partial charge in [-0.25, -0.2) is 0 Å². The Balaban J connectivity index is 2.38. The molecule has 0 aliphatic carbocycles. The van der Waals surface area contributed by atoms with E-state index in [1.165, 1.54) is 0 Å². The second-order valence-electron chi connectivity index (χ2n) is 4.36. The van der Waals surface area contributed by atoms with E-state index in [0.717, 1.165) is 26.3 Å². The SMILES string of the molecule is COCC1(COC)CN(C(C)C)C1. The molecule has 1 heterocycles. The maximum absolute atomic E-state index is 5.22. The number of hydrogen-bond acceptors (Lipinski definition) is 3. The lowest BCUT2D eigenvalue weighted by Gasteiger charge is -2.51. The third-order valence-electron chi connectivity index (χ3n) is 2.71. The molecule has 0 aromatic heterocycles. The maximum atomic E-state index is 5.22. The van der Waals surface area contributed by atoms with Gasteiger partial charge >= 0.3 is 0 Å². The highest BCUT2D eigenvalue weighted by Gasteiger charge is 2.43. The number of hydrogen-bond donors (Lipinski definition) is 0. The predicted octanol–water partition coefficient (Wildman–Crippen LogP) is 0.990. The van der Waals surface area contributed by atoms with Gasteiger partial charge in [0.15, 0.2) is 0 Å². The van der Waals surface area contributed by atoms with Crippen molar-refractivity contribution >= 4 is 0 Å². The lowest BCUT2D eigenvalue weighted by molar-refractivity contribution is -0.105. The molecule has 0 amide bonds. The molecule has 1 rings (SSSR count). The Hall–Kier alpha value is -0.120. The zero-order chi connectivity index (χ0) is 9.90. The van der Waals surface area contributed by atoms with Gasteiger partial charge in [-0.15, -0.1) is 0 Å². The van der Waals surface area contributed by atoms with Crippen LogP contribution in [0.4, 0.5) is 0 Å². The molecule has 0 radical (unpaired) electrons. The van der Waals surface area contributed by atoms with Crippen LogP contribution in [0.2, 0.25) is 0 Å². The van der Waals surface area contributed by atoms with Crippen LogP contribution in [0.1, 0.15) is 13.8 Å². The number of likely N-dealkylation sites (tertiary alicyclic amines) is 1. The lowest BCUT2D eigenvalue weighted by Crippen LogP contribution is -2.62. The van der Waals surface area contributed by atoms with Crippen molar-refractivity contribution in [1.82, 2.24) is 4.90 Å². The minimum Gasteiger partial charge on any atom is -0.384 e. The highest BCUT2D eigenvalue weighted by Crippen LogP contribution is 2.32. The normalized spacial score (nSPS) is 21.9. The molecule has 0 aromatic carbocycles. The summed E-state index contributed by atoms with van der Waals surface area (Å²) in [6, 6.07) is 0.641. The van der Waals surface area contributed by atoms with Gasteiger partial charge in [0, 0.05) is 38.8 Å². The summed E-state index contributed by atoms with van der Waals surface area (Å²) in [5, 5.41) is 0. The first-order valence-corrected chi connectivity index (χ1v) is 4.85. The second-order valence-corrected chi connectivity index (χ2v) is 4.36. The van der Waals surface area contributed by atoms with Crippen LogP contribution >= 0.6 is 0 Å². The van der Waals surface area contributed by atoms with Crippen LogP contribution in [0.5, 0.6) is 0 Å². The molecule has 1 fully saturated rings. The number of ether oxygens (including phenoxy) is 2. The van der Waals surface area contributed by atoms with Crippen molar-refractivity contribution in [2.75, 3.05) is 40.5 Å². The lowest BCUT2D eigenvalue weighted by atomic mass is 9.80. The molecule has 0 spiro atoms. The van der Waals surface area contributed by atoms with Crippen LogP contribution in [-0.4, -0.2) is 51.5 Å². The summed E-state index contributed by atoms with van der Waals surface area (Å²) in [4.78, 5) is 2.44. The van der Waals surface area contributed by atoms with E-state index in [1.54, 1.807) is 14.2 Å². The van der Waals surface area contributed by atoms with Gasteiger partial charge in [0.2, 0.25) is 0 Å². The summed E-state index contributed by atoms with van der Waals surface area (Å²) in [6.07, 6.45) is 0. The van der Waals surface area contributed by atoms with Crippen molar-refractivity contribution < 1.29 is 9.47 Å². The summed E-state index contributed by atoms with van der Waals surface area (Å²) >= 11 is 0. The average molecular weight is 187 g/mol. The van der Waals surface area contributed by atoms with Crippen LogP contribution in [0.3, 0.4) is 0 Å². The monoisotopic (exact) mass is 187 g/mol. The van der Waals surface area contributed by atoms with E-state index in [2.05, 4.69) is 18.7 Å². The molecule has 0 atom stereocenters. The Morgan fingerprint density at radius 2 is 1.62 bits per heavy atom. The van der Waals surface area contributed by atoms with Crippen LogP contribution in [0, 0.1) is 5.41 Å². The third-order valence-corrected chi connectivity index (χ3v) is 2.71. The van der Waals surface area contributed by atoms with E-state index in [1.807, 2.05) is 0 Å². The fourth-order valence-corrected chi connectivity index (χ4v) is 2.02. The highest BCUT2D eigenvalue weighted by molar-refractivity contribution is 4.96. The van der Waals surface area contributed by atoms with Crippen molar-refractivity contribution in [2.45, 2.75) is 19.9 Å². The molecule has 0 saturated carbocycles. The maximum Gasteiger partial charge on any atom is 0.0565 e. The summed E-state index contributed by atoms with van der Waals surface area (Å²) in [7, 11) is 3.52. The first kappa shape index (κ1) is 11.0. The van der Waals surface area contributed by atoms with Crippen molar-refractivity contribution in [3.63, 3.8) is 0 Å². The largest absolute Gasteiger partial charge is 0.384 e. The summed E-state index contributed by atoms with van der Waals surface area (Å²) < 4.78 is 10.4. The Morgan fingerprint density at radius 3 is 1.92 bits per heavy atom. The van der Waals surface area contributed by atoms with Crippen LogP contribution in [0.15, 0.2) is 0 Å². The summed E-state index contributed by atoms with van der Waals surface area (Å²) in [5.74, 6) is 0. The molecule has 1 aliphatic rings. The topological polar surface area (TPSA) is 21.7 Å². The first-order chi connectivity index (χ1) is 6.13. The molecule has 0 N–H and O–H groups in total. The fraction of sp³-hybridized carbons (Fsp3) is 1.00. The van der Waals surface area contributed by atoms with Gasteiger partial charge in [0.1, 0.15) is 0 Å². The number of rotatable bonds is 5. The molecule has 78 valence electrons. The van der Waals surface area contributed by atoms with Crippen LogP contribution < -0.4 is 0 Å². The van der Waals surface area contributed by atoms with Gasteiger partial charge in [-0.05, 0) is 13.8 Å². The quantitative estimate of drug-likeness (QED) is 0.640. The fourth-order valence-electron chi connectivity index (χ4n) is 2.02. The molecule has 3 nitrogen and oxygen atoms in total. The molecule has 0 aromatic rings. The Morgan fingerprint density at radius 1 is 1.15 bits per heavy atom. The van der Waals surface area contributed by atoms with E-state index < -0.39 is 0 Å². The molecule has 13 heavy (non-hydrogen) atoms. The van der Waals surface area contributed by atoms with Crippen molar-refractivity contribution in [3.8, 4) is 0 Å². The average Bonchev–Trinajstić information content (AvgIpc) is 1.99. The van der Waals surface area contributed by atoms with E-state index in [0.29, 0.717) is 6.04 Å². The molecule has 1 saturated heterocycles. The Bertz CT molecular complexity index is 145. The second kappa shape index (κ2) is 4.40. The summed E-state index contributed by atoms with van der Waals surface area (Å²) in [5.41, 5.74) is 0.258. The molecular weight excluding hydrogens is 166 g/mol.